The average Bonchev–Trinajstić information content (AvgIpc) is 2.50. The van der Waals surface area contributed by atoms with E-state index in [0.29, 0.717) is 6.54 Å². The van der Waals surface area contributed by atoms with Crippen molar-refractivity contribution in [2.75, 3.05) is 6.54 Å². The quantitative estimate of drug-likeness (QED) is 0.765. The van der Waals surface area contributed by atoms with Crippen LogP contribution in [0.25, 0.3) is 0 Å². The number of hydrogen-bond acceptors (Lipinski definition) is 2. The Balaban J connectivity index is 0.00000144. The van der Waals surface area contributed by atoms with Gasteiger partial charge in [0.1, 0.15) is 5.82 Å². The SMILES string of the molecule is CCCCc1ncc(CCN)[nH]1.Cl. The van der Waals surface area contributed by atoms with Crippen molar-refractivity contribution in [1.29, 1.82) is 0 Å². The number of aromatic amines is 1. The molecule has 0 spiro atoms. The molecule has 4 heteroatoms. The van der Waals surface area contributed by atoms with Gasteiger partial charge in [-0.1, -0.05) is 13.3 Å². The molecule has 1 aromatic heterocycles. The number of halogens is 1. The van der Waals surface area contributed by atoms with Gasteiger partial charge in [-0.05, 0) is 13.0 Å². The third-order valence-corrected chi connectivity index (χ3v) is 1.86. The molecule has 13 heavy (non-hydrogen) atoms. The topological polar surface area (TPSA) is 54.7 Å². The summed E-state index contributed by atoms with van der Waals surface area (Å²) >= 11 is 0. The molecular weight excluding hydrogens is 186 g/mol. The lowest BCUT2D eigenvalue weighted by molar-refractivity contribution is 0.759. The highest BCUT2D eigenvalue weighted by molar-refractivity contribution is 5.85. The van der Waals surface area contributed by atoms with Crippen LogP contribution >= 0.6 is 12.4 Å². The van der Waals surface area contributed by atoms with Gasteiger partial charge in [-0.3, -0.25) is 0 Å². The molecule has 1 aromatic rings. The Hall–Kier alpha value is -0.540. The molecule has 0 aliphatic carbocycles. The monoisotopic (exact) mass is 203 g/mol. The fourth-order valence-corrected chi connectivity index (χ4v) is 1.16. The molecule has 0 fully saturated rings. The van der Waals surface area contributed by atoms with Crippen molar-refractivity contribution < 1.29 is 0 Å². The Bertz CT molecular complexity index is 222. The van der Waals surface area contributed by atoms with Crippen LogP contribution in [0.5, 0.6) is 0 Å². The summed E-state index contributed by atoms with van der Waals surface area (Å²) in [6, 6.07) is 0. The number of rotatable bonds is 5. The molecule has 0 bridgehead atoms. The minimum Gasteiger partial charge on any atom is -0.346 e. The molecular formula is C9H18ClN3. The Kier molecular flexibility index (Phi) is 6.63. The molecule has 0 aromatic carbocycles. The lowest BCUT2D eigenvalue weighted by Crippen LogP contribution is -2.02. The van der Waals surface area contributed by atoms with Gasteiger partial charge in [0.15, 0.2) is 0 Å². The number of nitrogens with one attached hydrogen (secondary N) is 1. The highest BCUT2D eigenvalue weighted by Gasteiger charge is 1.98. The van der Waals surface area contributed by atoms with Crippen LogP contribution in [0.3, 0.4) is 0 Å². The van der Waals surface area contributed by atoms with Crippen LogP contribution in [-0.2, 0) is 12.8 Å². The maximum atomic E-state index is 5.42. The van der Waals surface area contributed by atoms with E-state index in [-0.39, 0.29) is 12.4 Å². The second-order valence-electron chi connectivity index (χ2n) is 3.00. The maximum absolute atomic E-state index is 5.42. The lowest BCUT2D eigenvalue weighted by Gasteiger charge is -1.93. The van der Waals surface area contributed by atoms with E-state index < -0.39 is 0 Å². The van der Waals surface area contributed by atoms with Crippen molar-refractivity contribution in [1.82, 2.24) is 9.97 Å². The molecule has 3 nitrogen and oxygen atoms in total. The summed E-state index contributed by atoms with van der Waals surface area (Å²) in [5, 5.41) is 0. The Morgan fingerprint density at radius 3 is 2.85 bits per heavy atom. The first-order valence-electron chi connectivity index (χ1n) is 4.59. The molecule has 0 amide bonds. The zero-order valence-corrected chi connectivity index (χ0v) is 8.86. The van der Waals surface area contributed by atoms with Gasteiger partial charge in [-0.2, -0.15) is 0 Å². The van der Waals surface area contributed by atoms with Gasteiger partial charge in [-0.15, -0.1) is 12.4 Å². The Labute approximate surface area is 85.5 Å². The van der Waals surface area contributed by atoms with E-state index in [0.717, 1.165) is 24.4 Å². The van der Waals surface area contributed by atoms with Crippen LogP contribution in [-0.4, -0.2) is 16.5 Å². The summed E-state index contributed by atoms with van der Waals surface area (Å²) in [6.07, 6.45) is 6.26. The van der Waals surface area contributed by atoms with Gasteiger partial charge in [0.25, 0.3) is 0 Å². The number of nitrogens with two attached hydrogens (primary N) is 1. The molecule has 76 valence electrons. The molecule has 1 rings (SSSR count). The molecule has 0 aliphatic rings. The van der Waals surface area contributed by atoms with Gasteiger partial charge in [0, 0.05) is 24.7 Å². The predicted octanol–water partition coefficient (Wildman–Crippen LogP) is 1.68. The molecule has 0 saturated heterocycles. The predicted molar refractivity (Wildman–Crippen MR) is 57.2 cm³/mol. The van der Waals surface area contributed by atoms with Gasteiger partial charge in [0.2, 0.25) is 0 Å². The van der Waals surface area contributed by atoms with Crippen LogP contribution in [0, 0.1) is 0 Å². The second-order valence-corrected chi connectivity index (χ2v) is 3.00. The van der Waals surface area contributed by atoms with Crippen molar-refractivity contribution in [2.24, 2.45) is 5.73 Å². The van der Waals surface area contributed by atoms with E-state index in [1.165, 1.54) is 12.8 Å². The van der Waals surface area contributed by atoms with Gasteiger partial charge in [0.05, 0.1) is 0 Å². The first-order chi connectivity index (χ1) is 5.86. The van der Waals surface area contributed by atoms with Crippen LogP contribution in [0.15, 0.2) is 6.20 Å². The maximum Gasteiger partial charge on any atom is 0.106 e. The van der Waals surface area contributed by atoms with Gasteiger partial charge >= 0.3 is 0 Å². The molecule has 1 heterocycles. The van der Waals surface area contributed by atoms with Crippen LogP contribution in [0.4, 0.5) is 0 Å². The Morgan fingerprint density at radius 2 is 2.23 bits per heavy atom. The minimum atomic E-state index is 0. The number of H-pyrrole nitrogens is 1. The van der Waals surface area contributed by atoms with E-state index in [9.17, 15) is 0 Å². The standard InChI is InChI=1S/C9H17N3.ClH/c1-2-3-4-9-11-7-8(12-9)5-6-10;/h7H,2-6,10H2,1H3,(H,11,12);1H. The van der Waals surface area contributed by atoms with Gasteiger partial charge in [-0.25, -0.2) is 4.98 Å². The van der Waals surface area contributed by atoms with Crippen molar-refractivity contribution in [3.8, 4) is 0 Å². The number of nitrogens with zero attached hydrogens (tertiary/aromatic N) is 1. The van der Waals surface area contributed by atoms with Crippen LogP contribution in [0.1, 0.15) is 31.3 Å². The highest BCUT2D eigenvalue weighted by atomic mass is 35.5. The number of hydrogen-bond donors (Lipinski definition) is 2. The number of aryl methyl sites for hydroxylation is 1. The summed E-state index contributed by atoms with van der Waals surface area (Å²) in [5.74, 6) is 1.10. The average molecular weight is 204 g/mol. The zero-order valence-electron chi connectivity index (χ0n) is 8.05. The highest BCUT2D eigenvalue weighted by Crippen LogP contribution is 2.01. The summed E-state index contributed by atoms with van der Waals surface area (Å²) in [5.41, 5.74) is 6.58. The molecule has 3 N–H and O–H groups in total. The largest absolute Gasteiger partial charge is 0.346 e. The Morgan fingerprint density at radius 1 is 1.46 bits per heavy atom. The van der Waals surface area contributed by atoms with Crippen molar-refractivity contribution >= 4 is 12.4 Å². The van der Waals surface area contributed by atoms with E-state index in [1.807, 2.05) is 6.20 Å². The van der Waals surface area contributed by atoms with Crippen LogP contribution in [0.2, 0.25) is 0 Å². The normalized spacial score (nSPS) is 9.69. The summed E-state index contributed by atoms with van der Waals surface area (Å²) in [6.45, 7) is 2.87. The smallest absolute Gasteiger partial charge is 0.106 e. The second kappa shape index (κ2) is 6.92. The molecule has 0 aliphatic heterocycles. The fraction of sp³-hybridized carbons (Fsp3) is 0.667. The molecule has 0 atom stereocenters. The number of unbranched alkanes of at least 4 members (excludes halogenated alkanes) is 1. The minimum absolute atomic E-state index is 0. The summed E-state index contributed by atoms with van der Waals surface area (Å²) < 4.78 is 0. The van der Waals surface area contributed by atoms with Gasteiger partial charge < -0.3 is 10.7 Å². The number of aromatic nitrogens is 2. The third-order valence-electron chi connectivity index (χ3n) is 1.86. The molecule has 0 saturated carbocycles. The third kappa shape index (κ3) is 4.29. The van der Waals surface area contributed by atoms with E-state index in [2.05, 4.69) is 16.9 Å². The van der Waals surface area contributed by atoms with Crippen molar-refractivity contribution in [3.63, 3.8) is 0 Å². The summed E-state index contributed by atoms with van der Waals surface area (Å²) in [4.78, 5) is 7.52. The van der Waals surface area contributed by atoms with Crippen molar-refractivity contribution in [3.05, 3.63) is 17.7 Å². The molecule has 0 unspecified atom stereocenters. The lowest BCUT2D eigenvalue weighted by atomic mass is 10.2. The number of imidazole rings is 1. The summed E-state index contributed by atoms with van der Waals surface area (Å²) in [7, 11) is 0. The molecule has 0 radical (unpaired) electrons. The zero-order chi connectivity index (χ0) is 8.81. The van der Waals surface area contributed by atoms with Crippen molar-refractivity contribution in [2.45, 2.75) is 32.6 Å². The van der Waals surface area contributed by atoms with Crippen LogP contribution < -0.4 is 5.73 Å². The first kappa shape index (κ1) is 12.5. The van der Waals surface area contributed by atoms with E-state index in [4.69, 9.17) is 5.73 Å². The fourth-order valence-electron chi connectivity index (χ4n) is 1.16. The van der Waals surface area contributed by atoms with E-state index >= 15 is 0 Å². The first-order valence-corrected chi connectivity index (χ1v) is 4.59. The van der Waals surface area contributed by atoms with E-state index in [1.54, 1.807) is 0 Å².